The van der Waals surface area contributed by atoms with E-state index in [2.05, 4.69) is 41.7 Å². The molecule has 1 saturated heterocycles. The van der Waals surface area contributed by atoms with E-state index in [0.29, 0.717) is 46.7 Å². The van der Waals surface area contributed by atoms with Crippen LogP contribution < -0.4 is 5.32 Å². The summed E-state index contributed by atoms with van der Waals surface area (Å²) in [4.78, 5) is 28.8. The summed E-state index contributed by atoms with van der Waals surface area (Å²) in [6.07, 6.45) is 0.832. The first-order valence-corrected chi connectivity index (χ1v) is 17.9. The van der Waals surface area contributed by atoms with Gasteiger partial charge in [0, 0.05) is 29.1 Å². The topological polar surface area (TPSA) is 76.5 Å². The van der Waals surface area contributed by atoms with Crippen molar-refractivity contribution in [3.05, 3.63) is 155 Å². The third kappa shape index (κ3) is 6.78. The number of piperidine rings is 1. The number of nitrogens with one attached hydrogen (secondary N) is 1. The fourth-order valence-corrected chi connectivity index (χ4v) is 7.39. The number of ether oxygens (including phenoxy) is 1. The molecule has 5 aromatic carbocycles. The lowest BCUT2D eigenvalue weighted by Crippen LogP contribution is -2.45. The molecule has 1 atom stereocenters. The van der Waals surface area contributed by atoms with Crippen LogP contribution in [0.5, 0.6) is 0 Å². The maximum atomic E-state index is 14.5. The smallest absolute Gasteiger partial charge is 0.410 e. The highest BCUT2D eigenvalue weighted by molar-refractivity contribution is 6.33. The Balaban J connectivity index is 1.42. The molecule has 0 saturated carbocycles. The SMILES string of the molecule is CC(C)(C)OC(=O)N1CCC[C@@H](C(=O)Nc2nn(C(c3ccccc3)(c3ccccc3)c3ccccc3)c3ccc(-c4cc(F)ccc4Cl)cc23)C1. The summed E-state index contributed by atoms with van der Waals surface area (Å²) in [5, 5.41) is 9.48. The number of benzene rings is 5. The number of rotatable bonds is 7. The highest BCUT2D eigenvalue weighted by Crippen LogP contribution is 2.44. The lowest BCUT2D eigenvalue weighted by Gasteiger charge is -2.37. The van der Waals surface area contributed by atoms with Gasteiger partial charge in [-0.25, -0.2) is 13.9 Å². The van der Waals surface area contributed by atoms with Gasteiger partial charge in [-0.3, -0.25) is 4.79 Å². The van der Waals surface area contributed by atoms with E-state index in [1.807, 2.05) is 98.2 Å². The standard InChI is InChI=1S/C43H40ClFN4O3/c1-42(2,3)52-41(51)48-25-13-14-30(28-48)40(50)46-39-36-26-29(35-27-34(45)22-23-37(35)44)21-24-38(36)49(47-39)43(31-15-7-4-8-16-31,32-17-9-5-10-18-32)33-19-11-6-12-20-33/h4-12,15-24,26-27,30H,13-14,25,28H2,1-3H3,(H,46,47,50)/t30-/m1/s1. The number of nitrogens with zero attached hydrogens (tertiary/aromatic N) is 3. The second-order valence-electron chi connectivity index (χ2n) is 14.2. The molecular weight excluding hydrogens is 675 g/mol. The summed E-state index contributed by atoms with van der Waals surface area (Å²) in [5.74, 6) is -0.800. The third-order valence-electron chi connectivity index (χ3n) is 9.50. The zero-order chi connectivity index (χ0) is 36.5. The van der Waals surface area contributed by atoms with Crippen molar-refractivity contribution < 1.29 is 18.7 Å². The second kappa shape index (κ2) is 14.3. The van der Waals surface area contributed by atoms with Gasteiger partial charge >= 0.3 is 6.09 Å². The molecule has 2 amide bonds. The summed E-state index contributed by atoms with van der Waals surface area (Å²) in [7, 11) is 0. The number of likely N-dealkylation sites (tertiary alicyclic amines) is 1. The number of hydrogen-bond donors (Lipinski definition) is 1. The van der Waals surface area contributed by atoms with Crippen LogP contribution in [0.25, 0.3) is 22.0 Å². The normalized spacial score (nSPS) is 15.0. The molecule has 264 valence electrons. The molecule has 7 rings (SSSR count). The Morgan fingerprint density at radius 2 is 1.42 bits per heavy atom. The van der Waals surface area contributed by atoms with Gasteiger partial charge in [-0.05, 0) is 86.2 Å². The Morgan fingerprint density at radius 1 is 0.827 bits per heavy atom. The van der Waals surface area contributed by atoms with E-state index in [-0.39, 0.29) is 12.5 Å². The zero-order valence-electron chi connectivity index (χ0n) is 29.4. The maximum Gasteiger partial charge on any atom is 0.410 e. The minimum atomic E-state index is -0.971. The molecule has 6 aromatic rings. The molecule has 1 fully saturated rings. The van der Waals surface area contributed by atoms with Crippen LogP contribution in [0, 0.1) is 11.7 Å². The van der Waals surface area contributed by atoms with Gasteiger partial charge in [0.25, 0.3) is 0 Å². The van der Waals surface area contributed by atoms with E-state index in [4.69, 9.17) is 21.4 Å². The predicted molar refractivity (Wildman–Crippen MR) is 204 cm³/mol. The highest BCUT2D eigenvalue weighted by atomic mass is 35.5. The second-order valence-corrected chi connectivity index (χ2v) is 14.6. The quantitative estimate of drug-likeness (QED) is 0.167. The van der Waals surface area contributed by atoms with Gasteiger partial charge in [-0.1, -0.05) is 109 Å². The van der Waals surface area contributed by atoms with Gasteiger partial charge in [0.2, 0.25) is 5.91 Å². The van der Waals surface area contributed by atoms with Crippen molar-refractivity contribution in [3.63, 3.8) is 0 Å². The Labute approximate surface area is 308 Å². The lowest BCUT2D eigenvalue weighted by atomic mass is 9.77. The van der Waals surface area contributed by atoms with Crippen molar-refractivity contribution >= 4 is 40.3 Å². The van der Waals surface area contributed by atoms with E-state index in [1.165, 1.54) is 18.2 Å². The number of fused-ring (bicyclic) bond motifs is 1. The van der Waals surface area contributed by atoms with E-state index >= 15 is 0 Å². The van der Waals surface area contributed by atoms with Gasteiger partial charge in [0.1, 0.15) is 17.0 Å². The summed E-state index contributed by atoms with van der Waals surface area (Å²) in [6.45, 7) is 6.22. The monoisotopic (exact) mass is 714 g/mol. The Bertz CT molecular complexity index is 2120. The van der Waals surface area contributed by atoms with Crippen LogP contribution in [0.2, 0.25) is 5.02 Å². The van der Waals surface area contributed by atoms with Crippen molar-refractivity contribution in [2.75, 3.05) is 18.4 Å². The summed E-state index contributed by atoms with van der Waals surface area (Å²) < 4.78 is 22.1. The summed E-state index contributed by atoms with van der Waals surface area (Å²) in [6, 6.07) is 40.5. The van der Waals surface area contributed by atoms with Crippen molar-refractivity contribution in [1.29, 1.82) is 0 Å². The van der Waals surface area contributed by atoms with Crippen LogP contribution >= 0.6 is 11.6 Å². The zero-order valence-corrected chi connectivity index (χ0v) is 30.1. The molecule has 0 aliphatic carbocycles. The van der Waals surface area contributed by atoms with Gasteiger partial charge in [0.15, 0.2) is 5.82 Å². The molecular formula is C43H40ClFN4O3. The van der Waals surface area contributed by atoms with Crippen molar-refractivity contribution in [2.45, 2.75) is 44.8 Å². The first kappa shape index (κ1) is 35.0. The third-order valence-corrected chi connectivity index (χ3v) is 9.83. The number of hydrogen-bond acceptors (Lipinski definition) is 4. The van der Waals surface area contributed by atoms with Crippen LogP contribution in [-0.2, 0) is 15.1 Å². The van der Waals surface area contributed by atoms with Crippen LogP contribution in [0.15, 0.2) is 127 Å². The van der Waals surface area contributed by atoms with Gasteiger partial charge in [-0.2, -0.15) is 5.10 Å². The molecule has 9 heteroatoms. The molecule has 1 aliphatic rings. The molecule has 1 aliphatic heterocycles. The fraction of sp³-hybridized carbons (Fsp3) is 0.233. The molecule has 52 heavy (non-hydrogen) atoms. The fourth-order valence-electron chi connectivity index (χ4n) is 7.16. The maximum absolute atomic E-state index is 14.5. The average molecular weight is 715 g/mol. The number of anilines is 1. The largest absolute Gasteiger partial charge is 0.444 e. The molecule has 7 nitrogen and oxygen atoms in total. The highest BCUT2D eigenvalue weighted by Gasteiger charge is 2.41. The van der Waals surface area contributed by atoms with Crippen molar-refractivity contribution in [2.24, 2.45) is 5.92 Å². The lowest BCUT2D eigenvalue weighted by molar-refractivity contribution is -0.121. The van der Waals surface area contributed by atoms with E-state index in [0.717, 1.165) is 22.2 Å². The Hall–Kier alpha value is -5.47. The van der Waals surface area contributed by atoms with Crippen molar-refractivity contribution in [3.8, 4) is 11.1 Å². The Kier molecular flexibility index (Phi) is 9.60. The molecule has 0 radical (unpaired) electrons. The average Bonchev–Trinajstić information content (AvgIpc) is 3.51. The summed E-state index contributed by atoms with van der Waals surface area (Å²) >= 11 is 6.61. The van der Waals surface area contributed by atoms with Crippen LogP contribution in [0.1, 0.15) is 50.3 Å². The predicted octanol–water partition coefficient (Wildman–Crippen LogP) is 9.92. The van der Waals surface area contributed by atoms with Gasteiger partial charge in [-0.15, -0.1) is 0 Å². The Morgan fingerprint density at radius 3 is 2.00 bits per heavy atom. The van der Waals surface area contributed by atoms with E-state index in [1.54, 1.807) is 4.90 Å². The van der Waals surface area contributed by atoms with E-state index in [9.17, 15) is 14.0 Å². The number of halogens is 2. The summed E-state index contributed by atoms with van der Waals surface area (Å²) in [5.41, 5.74) is 3.21. The van der Waals surface area contributed by atoms with E-state index < -0.39 is 29.0 Å². The molecule has 2 heterocycles. The molecule has 0 spiro atoms. The van der Waals surface area contributed by atoms with Gasteiger partial charge in [0.05, 0.1) is 11.4 Å². The van der Waals surface area contributed by atoms with Crippen LogP contribution in [0.3, 0.4) is 0 Å². The van der Waals surface area contributed by atoms with Gasteiger partial charge < -0.3 is 15.0 Å². The van der Waals surface area contributed by atoms with Crippen molar-refractivity contribution in [1.82, 2.24) is 14.7 Å². The number of amides is 2. The molecule has 1 N–H and O–H groups in total. The number of carbonyl (C=O) groups is 2. The van der Waals surface area contributed by atoms with Crippen LogP contribution in [-0.4, -0.2) is 45.4 Å². The van der Waals surface area contributed by atoms with Crippen LogP contribution in [0.4, 0.5) is 15.0 Å². The molecule has 1 aromatic heterocycles. The first-order valence-electron chi connectivity index (χ1n) is 17.5. The number of aromatic nitrogens is 2. The molecule has 0 unspecified atom stereocenters. The molecule has 0 bridgehead atoms. The first-order chi connectivity index (χ1) is 25.0. The minimum absolute atomic E-state index is 0.228. The number of carbonyl (C=O) groups excluding carboxylic acids is 2. The minimum Gasteiger partial charge on any atom is -0.444 e.